The molecule has 0 unspecified atom stereocenters. The van der Waals surface area contributed by atoms with Gasteiger partial charge in [-0.2, -0.15) is 0 Å². The summed E-state index contributed by atoms with van der Waals surface area (Å²) >= 11 is 0. The Morgan fingerprint density at radius 2 is 1.70 bits per heavy atom. The number of para-hydroxylation sites is 1. The first-order chi connectivity index (χ1) is 13.1. The molecule has 0 N–H and O–H groups in total. The summed E-state index contributed by atoms with van der Waals surface area (Å²) in [7, 11) is 0. The third-order valence-electron chi connectivity index (χ3n) is 5.20. The standard InChI is InChI=1S/C21H22FN3O2/c1-15-20(26)24(21(27)25(15)18-8-3-2-4-9-18)14-23(17-11-12-17)13-16-7-5-6-10-19(16)22/h2-10,15,17H,11-14H2,1H3/t15-/m0/s1. The van der Waals surface area contributed by atoms with Crippen LogP contribution in [0, 0.1) is 5.82 Å². The summed E-state index contributed by atoms with van der Waals surface area (Å²) in [4.78, 5) is 30.6. The van der Waals surface area contributed by atoms with Gasteiger partial charge in [-0.1, -0.05) is 36.4 Å². The van der Waals surface area contributed by atoms with Crippen LogP contribution in [0.3, 0.4) is 0 Å². The Labute approximate surface area is 158 Å². The van der Waals surface area contributed by atoms with Crippen molar-refractivity contribution in [3.63, 3.8) is 0 Å². The zero-order valence-corrected chi connectivity index (χ0v) is 15.2. The lowest BCUT2D eigenvalue weighted by Crippen LogP contribution is -2.43. The average molecular weight is 367 g/mol. The van der Waals surface area contributed by atoms with Gasteiger partial charge in [-0.3, -0.25) is 14.6 Å². The molecule has 2 aromatic carbocycles. The summed E-state index contributed by atoms with van der Waals surface area (Å²) < 4.78 is 14.1. The fraction of sp³-hybridized carbons (Fsp3) is 0.333. The van der Waals surface area contributed by atoms with E-state index in [0.717, 1.165) is 12.8 Å². The van der Waals surface area contributed by atoms with Crippen LogP contribution in [0.5, 0.6) is 0 Å². The molecule has 0 bridgehead atoms. The van der Waals surface area contributed by atoms with Crippen molar-refractivity contribution in [3.05, 3.63) is 66.0 Å². The quantitative estimate of drug-likeness (QED) is 0.733. The molecule has 2 fully saturated rings. The van der Waals surface area contributed by atoms with Crippen LogP contribution in [0.15, 0.2) is 54.6 Å². The number of carbonyl (C=O) groups excluding carboxylic acids is 2. The first-order valence-corrected chi connectivity index (χ1v) is 9.23. The number of urea groups is 1. The highest BCUT2D eigenvalue weighted by Gasteiger charge is 2.45. The van der Waals surface area contributed by atoms with Crippen LogP contribution in [0.2, 0.25) is 0 Å². The summed E-state index contributed by atoms with van der Waals surface area (Å²) in [6.45, 7) is 2.31. The zero-order valence-electron chi connectivity index (χ0n) is 15.2. The maximum absolute atomic E-state index is 14.1. The van der Waals surface area contributed by atoms with E-state index in [2.05, 4.69) is 0 Å². The highest BCUT2D eigenvalue weighted by molar-refractivity contribution is 6.14. The molecule has 1 aliphatic carbocycles. The topological polar surface area (TPSA) is 43.9 Å². The van der Waals surface area contributed by atoms with Crippen molar-refractivity contribution < 1.29 is 14.0 Å². The molecule has 0 radical (unpaired) electrons. The molecule has 5 nitrogen and oxygen atoms in total. The second-order valence-electron chi connectivity index (χ2n) is 7.14. The minimum absolute atomic E-state index is 0.185. The van der Waals surface area contributed by atoms with E-state index in [9.17, 15) is 14.0 Å². The third kappa shape index (κ3) is 3.45. The number of amides is 3. The Morgan fingerprint density at radius 1 is 1.04 bits per heavy atom. The average Bonchev–Trinajstić information content (AvgIpc) is 3.49. The van der Waals surface area contributed by atoms with Crippen molar-refractivity contribution in [1.29, 1.82) is 0 Å². The molecule has 1 heterocycles. The molecular weight excluding hydrogens is 345 g/mol. The number of halogens is 1. The lowest BCUT2D eigenvalue weighted by molar-refractivity contribution is -0.128. The summed E-state index contributed by atoms with van der Waals surface area (Å²) in [6, 6.07) is 15.3. The Hall–Kier alpha value is -2.73. The van der Waals surface area contributed by atoms with E-state index in [4.69, 9.17) is 0 Å². The maximum Gasteiger partial charge on any atom is 0.333 e. The smallest absolute Gasteiger partial charge is 0.282 e. The van der Waals surface area contributed by atoms with E-state index in [-0.39, 0.29) is 30.5 Å². The number of hydrogen-bond acceptors (Lipinski definition) is 3. The largest absolute Gasteiger partial charge is 0.333 e. The molecule has 1 aliphatic heterocycles. The molecule has 6 heteroatoms. The molecule has 3 amide bonds. The van der Waals surface area contributed by atoms with Gasteiger partial charge in [0.05, 0.1) is 6.67 Å². The van der Waals surface area contributed by atoms with Gasteiger partial charge >= 0.3 is 6.03 Å². The van der Waals surface area contributed by atoms with Gasteiger partial charge < -0.3 is 0 Å². The minimum Gasteiger partial charge on any atom is -0.282 e. The van der Waals surface area contributed by atoms with E-state index >= 15 is 0 Å². The van der Waals surface area contributed by atoms with Gasteiger partial charge in [-0.25, -0.2) is 14.1 Å². The van der Waals surface area contributed by atoms with E-state index in [1.165, 1.54) is 15.9 Å². The molecule has 2 aliphatic rings. The summed E-state index contributed by atoms with van der Waals surface area (Å²) in [6.07, 6.45) is 2.01. The van der Waals surface area contributed by atoms with Gasteiger partial charge in [-0.05, 0) is 38.0 Å². The molecule has 27 heavy (non-hydrogen) atoms. The number of hydrogen-bond donors (Lipinski definition) is 0. The Balaban J connectivity index is 1.54. The SMILES string of the molecule is C[C@H]1C(=O)N(CN(Cc2ccccc2F)C2CC2)C(=O)N1c1ccccc1. The number of rotatable bonds is 6. The number of carbonyl (C=O) groups is 2. The number of anilines is 1. The van der Waals surface area contributed by atoms with Crippen LogP contribution in [0.25, 0.3) is 0 Å². The third-order valence-corrected chi connectivity index (χ3v) is 5.20. The van der Waals surface area contributed by atoms with Crippen LogP contribution < -0.4 is 4.90 Å². The van der Waals surface area contributed by atoms with Crippen molar-refractivity contribution >= 4 is 17.6 Å². The van der Waals surface area contributed by atoms with Gasteiger partial charge in [0, 0.05) is 23.8 Å². The van der Waals surface area contributed by atoms with E-state index in [1.54, 1.807) is 25.1 Å². The number of nitrogens with zero attached hydrogens (tertiary/aromatic N) is 3. The second kappa shape index (κ2) is 7.12. The number of imide groups is 1. The maximum atomic E-state index is 14.1. The summed E-state index contributed by atoms with van der Waals surface area (Å²) in [5, 5.41) is 0. The van der Waals surface area contributed by atoms with Crippen LogP contribution >= 0.6 is 0 Å². The molecule has 0 aromatic heterocycles. The van der Waals surface area contributed by atoms with Gasteiger partial charge in [0.25, 0.3) is 5.91 Å². The normalized spacial score (nSPS) is 20.0. The lowest BCUT2D eigenvalue weighted by atomic mass is 10.2. The fourth-order valence-corrected chi connectivity index (χ4v) is 3.54. The monoisotopic (exact) mass is 367 g/mol. The van der Waals surface area contributed by atoms with Crippen LogP contribution in [-0.4, -0.2) is 40.5 Å². The molecule has 2 aromatic rings. The first kappa shape index (κ1) is 17.7. The van der Waals surface area contributed by atoms with Gasteiger partial charge in [0.2, 0.25) is 0 Å². The molecule has 0 spiro atoms. The molecule has 1 saturated carbocycles. The van der Waals surface area contributed by atoms with Crippen molar-refractivity contribution in [2.75, 3.05) is 11.6 Å². The summed E-state index contributed by atoms with van der Waals surface area (Å²) in [5.74, 6) is -0.482. The fourth-order valence-electron chi connectivity index (χ4n) is 3.54. The summed E-state index contributed by atoms with van der Waals surface area (Å²) in [5.41, 5.74) is 1.29. The van der Waals surface area contributed by atoms with Crippen molar-refractivity contribution in [2.45, 2.75) is 38.4 Å². The van der Waals surface area contributed by atoms with Crippen molar-refractivity contribution in [2.24, 2.45) is 0 Å². The van der Waals surface area contributed by atoms with E-state index < -0.39 is 6.04 Å². The predicted octanol–water partition coefficient (Wildman–Crippen LogP) is 3.60. The van der Waals surface area contributed by atoms with Gasteiger partial charge in [0.1, 0.15) is 11.9 Å². The molecule has 1 atom stereocenters. The Kier molecular flexibility index (Phi) is 4.66. The van der Waals surface area contributed by atoms with Crippen molar-refractivity contribution in [1.82, 2.24) is 9.80 Å². The highest BCUT2D eigenvalue weighted by atomic mass is 19.1. The van der Waals surface area contributed by atoms with Crippen molar-refractivity contribution in [3.8, 4) is 0 Å². The van der Waals surface area contributed by atoms with Crippen LogP contribution in [0.4, 0.5) is 14.9 Å². The zero-order chi connectivity index (χ0) is 19.0. The van der Waals surface area contributed by atoms with E-state index in [1.807, 2.05) is 35.2 Å². The molecule has 1 saturated heterocycles. The number of benzene rings is 2. The van der Waals surface area contributed by atoms with Gasteiger partial charge in [0.15, 0.2) is 0 Å². The molecule has 140 valence electrons. The highest BCUT2D eigenvalue weighted by Crippen LogP contribution is 2.31. The predicted molar refractivity (Wildman–Crippen MR) is 100 cm³/mol. The molecular formula is C21H22FN3O2. The molecule has 4 rings (SSSR count). The first-order valence-electron chi connectivity index (χ1n) is 9.23. The van der Waals surface area contributed by atoms with Gasteiger partial charge in [-0.15, -0.1) is 0 Å². The Bertz CT molecular complexity index is 854. The minimum atomic E-state index is -0.547. The van der Waals surface area contributed by atoms with E-state index in [0.29, 0.717) is 17.8 Å². The van der Waals surface area contributed by atoms with Crippen LogP contribution in [-0.2, 0) is 11.3 Å². The Morgan fingerprint density at radius 3 is 2.37 bits per heavy atom. The van der Waals surface area contributed by atoms with Crippen LogP contribution in [0.1, 0.15) is 25.3 Å². The lowest BCUT2D eigenvalue weighted by Gasteiger charge is -2.27. The second-order valence-corrected chi connectivity index (χ2v) is 7.14.